The first-order valence-corrected chi connectivity index (χ1v) is 15.7. The van der Waals surface area contributed by atoms with Crippen molar-refractivity contribution in [3.63, 3.8) is 0 Å². The van der Waals surface area contributed by atoms with E-state index in [0.29, 0.717) is 37.4 Å². The number of phenols is 1. The van der Waals surface area contributed by atoms with Crippen LogP contribution in [0.1, 0.15) is 28.8 Å². The summed E-state index contributed by atoms with van der Waals surface area (Å²) in [6.07, 6.45) is 0.639. The zero-order valence-electron chi connectivity index (χ0n) is 23.8. The number of aromatic hydroxyl groups is 1. The minimum atomic E-state index is -4.03. The molecule has 0 radical (unpaired) electrons. The van der Waals surface area contributed by atoms with Gasteiger partial charge in [0.1, 0.15) is 17.5 Å². The molecule has 1 atom stereocenters. The van der Waals surface area contributed by atoms with Crippen molar-refractivity contribution < 1.29 is 33.0 Å². The first-order chi connectivity index (χ1) is 21.2. The minimum Gasteiger partial charge on any atom is -0.508 e. The number of benzene rings is 4. The van der Waals surface area contributed by atoms with E-state index in [1.165, 1.54) is 36.4 Å². The molecule has 4 aromatic rings. The van der Waals surface area contributed by atoms with Crippen molar-refractivity contribution in [1.82, 2.24) is 10.2 Å². The Morgan fingerprint density at radius 2 is 1.50 bits per heavy atom. The van der Waals surface area contributed by atoms with Gasteiger partial charge in [-0.3, -0.25) is 14.3 Å². The standard InChI is InChI=1S/C33H33N3O7S/c37-25-14-10-23(11-15-25)22-30(33(40)36-20-18-26(38)19-21-36)34-32(39)24-12-16-28(17-13-24)44(41,42)35-29-8-4-5-9-31(29)43-27-6-2-1-3-7-27/h1-17,26,30,35,37-38H,18-22H2,(H,34,39)/t30-/m0/s1. The summed E-state index contributed by atoms with van der Waals surface area (Å²) < 4.78 is 34.9. The van der Waals surface area contributed by atoms with Gasteiger partial charge in [-0.15, -0.1) is 0 Å². The minimum absolute atomic E-state index is 0.0628. The first kappa shape index (κ1) is 30.6. The van der Waals surface area contributed by atoms with Crippen LogP contribution in [0.3, 0.4) is 0 Å². The van der Waals surface area contributed by atoms with E-state index in [1.54, 1.807) is 53.4 Å². The van der Waals surface area contributed by atoms with Crippen molar-refractivity contribution in [3.8, 4) is 17.2 Å². The van der Waals surface area contributed by atoms with E-state index in [9.17, 15) is 28.2 Å². The van der Waals surface area contributed by atoms with Crippen molar-refractivity contribution in [2.75, 3.05) is 17.8 Å². The number of anilines is 1. The second-order valence-corrected chi connectivity index (χ2v) is 12.2. The van der Waals surface area contributed by atoms with Crippen molar-refractivity contribution in [2.45, 2.75) is 36.3 Å². The van der Waals surface area contributed by atoms with E-state index >= 15 is 0 Å². The molecule has 228 valence electrons. The fourth-order valence-electron chi connectivity index (χ4n) is 4.86. The van der Waals surface area contributed by atoms with E-state index in [4.69, 9.17) is 4.74 Å². The predicted molar refractivity (Wildman–Crippen MR) is 165 cm³/mol. The average Bonchev–Trinajstić information content (AvgIpc) is 3.03. The maximum Gasteiger partial charge on any atom is 0.262 e. The van der Waals surface area contributed by atoms with Gasteiger partial charge in [0, 0.05) is 25.1 Å². The molecule has 0 unspecified atom stereocenters. The van der Waals surface area contributed by atoms with Crippen LogP contribution in [-0.4, -0.2) is 60.6 Å². The van der Waals surface area contributed by atoms with E-state index in [2.05, 4.69) is 10.0 Å². The first-order valence-electron chi connectivity index (χ1n) is 14.2. The molecule has 5 rings (SSSR count). The predicted octanol–water partition coefficient (Wildman–Crippen LogP) is 4.31. The van der Waals surface area contributed by atoms with Gasteiger partial charge in [-0.2, -0.15) is 0 Å². The fourth-order valence-corrected chi connectivity index (χ4v) is 5.93. The van der Waals surface area contributed by atoms with Crippen LogP contribution in [0.25, 0.3) is 0 Å². The van der Waals surface area contributed by atoms with Gasteiger partial charge in [0.25, 0.3) is 15.9 Å². The molecule has 10 nitrogen and oxygen atoms in total. The number of amides is 2. The van der Waals surface area contributed by atoms with Crippen molar-refractivity contribution in [3.05, 3.63) is 114 Å². The Balaban J connectivity index is 1.30. The van der Waals surface area contributed by atoms with Crippen LogP contribution in [-0.2, 0) is 21.2 Å². The largest absolute Gasteiger partial charge is 0.508 e. The molecule has 4 aromatic carbocycles. The van der Waals surface area contributed by atoms with Crippen LogP contribution in [0.15, 0.2) is 108 Å². The Morgan fingerprint density at radius 3 is 2.18 bits per heavy atom. The average molecular weight is 616 g/mol. The number of hydrogen-bond acceptors (Lipinski definition) is 7. The molecule has 0 spiro atoms. The molecule has 2 amide bonds. The van der Waals surface area contributed by atoms with Crippen LogP contribution in [0.2, 0.25) is 0 Å². The summed E-state index contributed by atoms with van der Waals surface area (Å²) in [4.78, 5) is 28.3. The molecule has 1 fully saturated rings. The van der Waals surface area contributed by atoms with Crippen LogP contribution < -0.4 is 14.8 Å². The molecule has 1 aliphatic rings. The van der Waals surface area contributed by atoms with Gasteiger partial charge in [-0.05, 0) is 79.1 Å². The maximum atomic E-state index is 13.4. The van der Waals surface area contributed by atoms with Crippen molar-refractivity contribution in [1.29, 1.82) is 0 Å². The molecule has 1 saturated heterocycles. The van der Waals surface area contributed by atoms with Crippen molar-refractivity contribution in [2.24, 2.45) is 0 Å². The topological polar surface area (TPSA) is 145 Å². The number of sulfonamides is 1. The molecule has 0 aromatic heterocycles. The molecule has 0 aliphatic carbocycles. The lowest BCUT2D eigenvalue weighted by molar-refractivity contribution is -0.135. The Hall–Kier alpha value is -4.87. The van der Waals surface area contributed by atoms with Crippen LogP contribution >= 0.6 is 0 Å². The number of piperidine rings is 1. The van der Waals surface area contributed by atoms with Gasteiger partial charge in [-0.25, -0.2) is 8.42 Å². The van der Waals surface area contributed by atoms with E-state index < -0.39 is 28.1 Å². The summed E-state index contributed by atoms with van der Waals surface area (Å²) in [5.41, 5.74) is 1.16. The molecule has 1 aliphatic heterocycles. The highest BCUT2D eigenvalue weighted by Gasteiger charge is 2.29. The Morgan fingerprint density at radius 1 is 0.864 bits per heavy atom. The third kappa shape index (κ3) is 7.74. The zero-order valence-corrected chi connectivity index (χ0v) is 24.6. The number of carbonyl (C=O) groups excluding carboxylic acids is 2. The Bertz CT molecular complexity index is 1690. The van der Waals surface area contributed by atoms with E-state index in [1.807, 2.05) is 18.2 Å². The lowest BCUT2D eigenvalue weighted by atomic mass is 10.0. The maximum absolute atomic E-state index is 13.4. The number of ether oxygens (including phenoxy) is 1. The number of aliphatic hydroxyl groups excluding tert-OH is 1. The van der Waals surface area contributed by atoms with Crippen LogP contribution in [0, 0.1) is 0 Å². The second-order valence-electron chi connectivity index (χ2n) is 10.5. The Labute approximate surface area is 256 Å². The molecule has 1 heterocycles. The van der Waals surface area contributed by atoms with Crippen LogP contribution in [0.4, 0.5) is 5.69 Å². The normalized spacial score (nSPS) is 14.4. The van der Waals surface area contributed by atoms with Crippen molar-refractivity contribution >= 4 is 27.5 Å². The summed E-state index contributed by atoms with van der Waals surface area (Å²) in [7, 11) is -4.03. The molecule has 44 heavy (non-hydrogen) atoms. The summed E-state index contributed by atoms with van der Waals surface area (Å²) in [5, 5.41) is 22.3. The number of para-hydroxylation sites is 3. The number of nitrogens with one attached hydrogen (secondary N) is 2. The number of nitrogens with zero attached hydrogens (tertiary/aromatic N) is 1. The molecule has 4 N–H and O–H groups in total. The highest BCUT2D eigenvalue weighted by molar-refractivity contribution is 7.92. The van der Waals surface area contributed by atoms with Gasteiger partial charge >= 0.3 is 0 Å². The monoisotopic (exact) mass is 615 g/mol. The molecule has 11 heteroatoms. The van der Waals surface area contributed by atoms with Gasteiger partial charge in [0.05, 0.1) is 16.7 Å². The smallest absolute Gasteiger partial charge is 0.262 e. The lowest BCUT2D eigenvalue weighted by Crippen LogP contribution is -2.52. The fraction of sp³-hybridized carbons (Fsp3) is 0.212. The number of carbonyl (C=O) groups is 2. The highest BCUT2D eigenvalue weighted by atomic mass is 32.2. The second kappa shape index (κ2) is 13.6. The number of rotatable bonds is 10. The van der Waals surface area contributed by atoms with Gasteiger partial charge in [0.15, 0.2) is 5.75 Å². The van der Waals surface area contributed by atoms with Gasteiger partial charge < -0.3 is 25.2 Å². The quantitative estimate of drug-likeness (QED) is 0.208. The summed E-state index contributed by atoms with van der Waals surface area (Å²) in [6.45, 7) is 0.752. The van der Waals surface area contributed by atoms with E-state index in [-0.39, 0.29) is 34.2 Å². The third-order valence-electron chi connectivity index (χ3n) is 7.28. The van der Waals surface area contributed by atoms with Gasteiger partial charge in [-0.1, -0.05) is 42.5 Å². The number of likely N-dealkylation sites (tertiary alicyclic amines) is 1. The number of aliphatic hydroxyl groups is 1. The summed E-state index contributed by atoms with van der Waals surface area (Å²) >= 11 is 0. The van der Waals surface area contributed by atoms with Crippen LogP contribution in [0.5, 0.6) is 17.2 Å². The number of hydrogen-bond donors (Lipinski definition) is 4. The molecular weight excluding hydrogens is 582 g/mol. The SMILES string of the molecule is O=C(N[C@@H](Cc1ccc(O)cc1)C(=O)N1CCC(O)CC1)c1ccc(S(=O)(=O)Nc2ccccc2Oc2ccccc2)cc1. The lowest BCUT2D eigenvalue weighted by Gasteiger charge is -2.32. The summed E-state index contributed by atoms with van der Waals surface area (Å²) in [5.74, 6) is 0.138. The van der Waals surface area contributed by atoms with Gasteiger partial charge in [0.2, 0.25) is 5.91 Å². The zero-order chi connectivity index (χ0) is 31.1. The highest BCUT2D eigenvalue weighted by Crippen LogP contribution is 2.31. The summed E-state index contributed by atoms with van der Waals surface area (Å²) in [6, 6.07) is 26.5. The molecule has 0 saturated carbocycles. The molecular formula is C33H33N3O7S. The third-order valence-corrected chi connectivity index (χ3v) is 8.67. The Kier molecular flexibility index (Phi) is 9.47. The van der Waals surface area contributed by atoms with E-state index in [0.717, 1.165) is 5.56 Å². The molecule has 0 bridgehead atoms. The number of phenolic OH excluding ortho intramolecular Hbond substituents is 1.